The van der Waals surface area contributed by atoms with Crippen molar-refractivity contribution in [2.24, 2.45) is 0 Å². The normalized spacial score (nSPS) is 17.4. The van der Waals surface area contributed by atoms with Crippen LogP contribution < -0.4 is 4.74 Å². The van der Waals surface area contributed by atoms with Gasteiger partial charge in [0.25, 0.3) is 0 Å². The number of epoxide rings is 1. The van der Waals surface area contributed by atoms with Gasteiger partial charge in [-0.05, 0) is 23.3 Å². The van der Waals surface area contributed by atoms with Gasteiger partial charge in [-0.1, -0.05) is 49.0 Å². The van der Waals surface area contributed by atoms with Crippen molar-refractivity contribution in [3.63, 3.8) is 0 Å². The van der Waals surface area contributed by atoms with Gasteiger partial charge in [-0.3, -0.25) is 0 Å². The molecule has 3 rings (SSSR count). The molecule has 0 bridgehead atoms. The fourth-order valence-corrected chi connectivity index (χ4v) is 2.60. The van der Waals surface area contributed by atoms with E-state index in [1.165, 1.54) is 0 Å². The van der Waals surface area contributed by atoms with E-state index in [-0.39, 0.29) is 25.4 Å². The molecule has 1 aliphatic rings. The van der Waals surface area contributed by atoms with Gasteiger partial charge in [0.15, 0.2) is 0 Å². The third kappa shape index (κ3) is 6.20. The van der Waals surface area contributed by atoms with Crippen LogP contribution in [0.3, 0.4) is 0 Å². The van der Waals surface area contributed by atoms with Crippen LogP contribution in [0.5, 0.6) is 5.75 Å². The van der Waals surface area contributed by atoms with Gasteiger partial charge in [-0.25, -0.2) is 4.79 Å². The Bertz CT molecular complexity index is 754. The van der Waals surface area contributed by atoms with Gasteiger partial charge in [0, 0.05) is 6.08 Å². The Labute approximate surface area is 164 Å². The van der Waals surface area contributed by atoms with Crippen molar-refractivity contribution in [3.8, 4) is 5.75 Å². The van der Waals surface area contributed by atoms with E-state index in [4.69, 9.17) is 18.9 Å². The molecule has 1 heterocycles. The lowest BCUT2D eigenvalue weighted by atomic mass is 10.0. The lowest BCUT2D eigenvalue weighted by Gasteiger charge is -2.21. The highest BCUT2D eigenvalue weighted by atomic mass is 16.6. The van der Waals surface area contributed by atoms with Crippen LogP contribution in [-0.2, 0) is 19.0 Å². The second-order valence-electron chi connectivity index (χ2n) is 6.45. The number of rotatable bonds is 11. The van der Waals surface area contributed by atoms with Crippen LogP contribution >= 0.6 is 0 Å². The molecule has 2 aromatic rings. The lowest BCUT2D eigenvalue weighted by Crippen LogP contribution is -2.24. The highest BCUT2D eigenvalue weighted by Gasteiger charge is 2.23. The molecule has 0 spiro atoms. The van der Waals surface area contributed by atoms with Gasteiger partial charge in [-0.15, -0.1) is 0 Å². The van der Waals surface area contributed by atoms with Gasteiger partial charge in [0.05, 0.1) is 13.2 Å². The van der Waals surface area contributed by atoms with Crippen LogP contribution in [0.25, 0.3) is 0 Å². The van der Waals surface area contributed by atoms with E-state index in [1.807, 2.05) is 54.6 Å². The third-order valence-electron chi connectivity index (χ3n) is 4.16. The highest BCUT2D eigenvalue weighted by Crippen LogP contribution is 2.28. The zero-order chi connectivity index (χ0) is 19.8. The third-order valence-corrected chi connectivity index (χ3v) is 4.16. The number of hydrogen-bond donors (Lipinski definition) is 1. The molecular formula is C22H24O6. The van der Waals surface area contributed by atoms with Gasteiger partial charge in [0.2, 0.25) is 0 Å². The molecule has 0 radical (unpaired) electrons. The van der Waals surface area contributed by atoms with Crippen LogP contribution in [0.1, 0.15) is 17.2 Å². The number of ether oxygens (including phenoxy) is 4. The highest BCUT2D eigenvalue weighted by molar-refractivity contribution is 5.81. The number of carbonyl (C=O) groups is 1. The Morgan fingerprint density at radius 2 is 1.82 bits per heavy atom. The molecule has 6 nitrogen and oxygen atoms in total. The van der Waals surface area contributed by atoms with Crippen molar-refractivity contribution >= 4 is 5.97 Å². The quantitative estimate of drug-likeness (QED) is 0.365. The number of aliphatic hydroxyl groups is 1. The maximum absolute atomic E-state index is 11.1. The van der Waals surface area contributed by atoms with E-state index >= 15 is 0 Å². The lowest BCUT2D eigenvalue weighted by molar-refractivity contribution is -0.142. The molecule has 0 saturated carbocycles. The molecule has 3 unspecified atom stereocenters. The summed E-state index contributed by atoms with van der Waals surface area (Å²) < 4.78 is 21.6. The average molecular weight is 384 g/mol. The van der Waals surface area contributed by atoms with Crippen molar-refractivity contribution in [2.75, 3.05) is 26.4 Å². The topological polar surface area (TPSA) is 77.5 Å². The maximum atomic E-state index is 11.1. The molecular weight excluding hydrogens is 360 g/mol. The summed E-state index contributed by atoms with van der Waals surface area (Å²) in [5.74, 6) is 0.188. The first-order valence-corrected chi connectivity index (χ1v) is 9.14. The van der Waals surface area contributed by atoms with Crippen LogP contribution in [-0.4, -0.2) is 49.7 Å². The molecule has 6 heteroatoms. The minimum atomic E-state index is -0.934. The van der Waals surface area contributed by atoms with Crippen molar-refractivity contribution in [3.05, 3.63) is 78.4 Å². The first kappa shape index (κ1) is 20.1. The largest absolute Gasteiger partial charge is 0.491 e. The standard InChI is InChI=1S/C22H24O6/c1-2-21(24)27-12-18(23)13-28-22(16-6-4-3-5-7-16)17-8-10-19(11-9-17)25-14-20-15-26-20/h2-11,18,20,22-23H,1,12-15H2. The van der Waals surface area contributed by atoms with Gasteiger partial charge in [-0.2, -0.15) is 0 Å². The fraction of sp³-hybridized carbons (Fsp3) is 0.318. The minimum absolute atomic E-state index is 0.0151. The van der Waals surface area contributed by atoms with Crippen molar-refractivity contribution in [1.82, 2.24) is 0 Å². The molecule has 2 aromatic carbocycles. The van der Waals surface area contributed by atoms with Crippen LogP contribution in [0.2, 0.25) is 0 Å². The maximum Gasteiger partial charge on any atom is 0.330 e. The first-order chi connectivity index (χ1) is 13.7. The summed E-state index contributed by atoms with van der Waals surface area (Å²) in [7, 11) is 0. The smallest absolute Gasteiger partial charge is 0.330 e. The molecule has 148 valence electrons. The van der Waals surface area contributed by atoms with Crippen LogP contribution in [0, 0.1) is 0 Å². The molecule has 0 aromatic heterocycles. The molecule has 1 fully saturated rings. The molecule has 0 amide bonds. The van der Waals surface area contributed by atoms with Crippen molar-refractivity contribution in [2.45, 2.75) is 18.3 Å². The Hall–Kier alpha value is -2.67. The Kier molecular flexibility index (Phi) is 7.19. The van der Waals surface area contributed by atoms with E-state index in [1.54, 1.807) is 0 Å². The number of esters is 1. The SMILES string of the molecule is C=CC(=O)OCC(O)COC(c1ccccc1)c1ccc(OCC2CO2)cc1. The van der Waals surface area contributed by atoms with Gasteiger partial charge < -0.3 is 24.1 Å². The number of hydrogen-bond acceptors (Lipinski definition) is 6. The van der Waals surface area contributed by atoms with E-state index in [0.717, 1.165) is 29.6 Å². The monoisotopic (exact) mass is 384 g/mol. The minimum Gasteiger partial charge on any atom is -0.491 e. The summed E-state index contributed by atoms with van der Waals surface area (Å²) >= 11 is 0. The summed E-state index contributed by atoms with van der Waals surface area (Å²) in [6, 6.07) is 17.4. The number of carbonyl (C=O) groups excluding carboxylic acids is 1. The van der Waals surface area contributed by atoms with Crippen LogP contribution in [0.4, 0.5) is 0 Å². The van der Waals surface area contributed by atoms with E-state index < -0.39 is 12.1 Å². The molecule has 1 N–H and O–H groups in total. The molecule has 28 heavy (non-hydrogen) atoms. The van der Waals surface area contributed by atoms with E-state index in [0.29, 0.717) is 6.61 Å². The Morgan fingerprint density at radius 3 is 2.46 bits per heavy atom. The molecule has 1 aliphatic heterocycles. The zero-order valence-electron chi connectivity index (χ0n) is 15.5. The number of aliphatic hydroxyl groups excluding tert-OH is 1. The van der Waals surface area contributed by atoms with Crippen molar-refractivity contribution < 1.29 is 28.8 Å². The summed E-state index contributed by atoms with van der Waals surface area (Å²) in [6.07, 6.45) is -0.0425. The second-order valence-corrected chi connectivity index (χ2v) is 6.45. The average Bonchev–Trinajstić information content (AvgIpc) is 3.57. The zero-order valence-corrected chi connectivity index (χ0v) is 15.5. The summed E-state index contributed by atoms with van der Waals surface area (Å²) in [4.78, 5) is 11.1. The van der Waals surface area contributed by atoms with Crippen LogP contribution in [0.15, 0.2) is 67.3 Å². The summed E-state index contributed by atoms with van der Waals surface area (Å²) in [5.41, 5.74) is 1.88. The van der Waals surface area contributed by atoms with E-state index in [9.17, 15) is 9.90 Å². The predicted molar refractivity (Wildman–Crippen MR) is 103 cm³/mol. The fourth-order valence-electron chi connectivity index (χ4n) is 2.60. The van der Waals surface area contributed by atoms with Gasteiger partial charge in [0.1, 0.15) is 37.3 Å². The summed E-state index contributed by atoms with van der Waals surface area (Å²) in [5, 5.41) is 10.0. The van der Waals surface area contributed by atoms with Crippen molar-refractivity contribution in [1.29, 1.82) is 0 Å². The number of benzene rings is 2. The molecule has 3 atom stereocenters. The Balaban J connectivity index is 1.63. The predicted octanol–water partition coefficient (Wildman–Crippen LogP) is 2.66. The Morgan fingerprint density at radius 1 is 1.14 bits per heavy atom. The van der Waals surface area contributed by atoms with Gasteiger partial charge >= 0.3 is 5.97 Å². The first-order valence-electron chi connectivity index (χ1n) is 9.14. The summed E-state index contributed by atoms with van der Waals surface area (Å²) in [6.45, 7) is 4.49. The van der Waals surface area contributed by atoms with E-state index in [2.05, 4.69) is 6.58 Å². The second kappa shape index (κ2) is 10.0. The molecule has 0 aliphatic carbocycles. The molecule has 1 saturated heterocycles.